The molecule has 3 rings (SSSR count). The summed E-state index contributed by atoms with van der Waals surface area (Å²) >= 11 is 0. The van der Waals surface area contributed by atoms with Crippen LogP contribution in [0.1, 0.15) is 44.7 Å². The molecule has 3 nitrogen and oxygen atoms in total. The molecule has 3 heteroatoms. The predicted molar refractivity (Wildman–Crippen MR) is 80.1 cm³/mol. The van der Waals surface area contributed by atoms with Gasteiger partial charge in [0.2, 0.25) is 0 Å². The number of fused-ring (bicyclic) bond motifs is 1. The van der Waals surface area contributed by atoms with Gasteiger partial charge in [-0.15, -0.1) is 0 Å². The molecule has 0 saturated heterocycles. The second-order valence-electron chi connectivity index (χ2n) is 6.61. The molecule has 0 amide bonds. The molecule has 0 spiro atoms. The minimum absolute atomic E-state index is 0.0485. The van der Waals surface area contributed by atoms with E-state index in [1.165, 1.54) is 11.1 Å². The highest BCUT2D eigenvalue weighted by Gasteiger charge is 2.31. The van der Waals surface area contributed by atoms with Crippen LogP contribution in [-0.4, -0.2) is 24.4 Å². The zero-order valence-corrected chi connectivity index (χ0v) is 12.7. The minimum atomic E-state index is -0.0485. The van der Waals surface area contributed by atoms with Crippen LogP contribution in [-0.2, 0) is 17.7 Å². The van der Waals surface area contributed by atoms with E-state index in [2.05, 4.69) is 44.3 Å². The number of rotatable bonds is 5. The average molecular weight is 275 g/mol. The van der Waals surface area contributed by atoms with Gasteiger partial charge in [0, 0.05) is 25.6 Å². The Balaban J connectivity index is 1.51. The van der Waals surface area contributed by atoms with Gasteiger partial charge in [0.05, 0.1) is 6.10 Å². The third kappa shape index (κ3) is 2.99. The largest absolute Gasteiger partial charge is 0.487 e. The molecule has 1 fully saturated rings. The number of hydrogen-bond acceptors (Lipinski definition) is 3. The summed E-state index contributed by atoms with van der Waals surface area (Å²) < 4.78 is 11.5. The zero-order chi connectivity index (χ0) is 14.2. The molecule has 0 atom stereocenters. The second-order valence-corrected chi connectivity index (χ2v) is 6.61. The summed E-state index contributed by atoms with van der Waals surface area (Å²) in [5, 5.41) is 3.61. The van der Waals surface area contributed by atoms with Crippen LogP contribution in [0.15, 0.2) is 18.2 Å². The highest BCUT2D eigenvalue weighted by Crippen LogP contribution is 2.35. The van der Waals surface area contributed by atoms with Crippen molar-refractivity contribution in [3.63, 3.8) is 0 Å². The molecule has 0 radical (unpaired) electrons. The Labute approximate surface area is 121 Å². The first kappa shape index (κ1) is 13.9. The van der Waals surface area contributed by atoms with Gasteiger partial charge in [-0.25, -0.2) is 0 Å². The average Bonchev–Trinajstić information content (AvgIpc) is 2.64. The molecule has 2 aliphatic rings. The lowest BCUT2D eigenvalue weighted by Crippen LogP contribution is -2.45. The second kappa shape index (κ2) is 5.38. The summed E-state index contributed by atoms with van der Waals surface area (Å²) in [5.74, 6) is 1.05. The Morgan fingerprint density at radius 2 is 2.15 bits per heavy atom. The molecule has 1 saturated carbocycles. The fourth-order valence-corrected chi connectivity index (χ4v) is 3.14. The van der Waals surface area contributed by atoms with Crippen molar-refractivity contribution in [1.29, 1.82) is 0 Å². The van der Waals surface area contributed by atoms with Crippen molar-refractivity contribution in [3.8, 4) is 5.75 Å². The maximum atomic E-state index is 5.91. The Morgan fingerprint density at radius 3 is 2.90 bits per heavy atom. The zero-order valence-electron chi connectivity index (χ0n) is 12.7. The molecule has 0 unspecified atom stereocenters. The van der Waals surface area contributed by atoms with Crippen LogP contribution < -0.4 is 10.1 Å². The third-order valence-electron chi connectivity index (χ3n) is 4.22. The van der Waals surface area contributed by atoms with E-state index in [1.807, 2.05) is 0 Å². The van der Waals surface area contributed by atoms with E-state index in [9.17, 15) is 0 Å². The van der Waals surface area contributed by atoms with Crippen LogP contribution in [0.2, 0.25) is 0 Å². The maximum absolute atomic E-state index is 5.91. The molecule has 0 bridgehead atoms. The first-order chi connectivity index (χ1) is 9.55. The van der Waals surface area contributed by atoms with E-state index >= 15 is 0 Å². The van der Waals surface area contributed by atoms with Crippen molar-refractivity contribution in [3.05, 3.63) is 29.3 Å². The van der Waals surface area contributed by atoms with E-state index in [-0.39, 0.29) is 5.60 Å². The smallest absolute Gasteiger partial charge is 0.123 e. The van der Waals surface area contributed by atoms with Gasteiger partial charge in [0.1, 0.15) is 11.4 Å². The van der Waals surface area contributed by atoms with E-state index in [0.29, 0.717) is 12.1 Å². The summed E-state index contributed by atoms with van der Waals surface area (Å²) in [6.07, 6.45) is 3.78. The highest BCUT2D eigenvalue weighted by atomic mass is 16.5. The number of hydrogen-bond donors (Lipinski definition) is 1. The van der Waals surface area contributed by atoms with E-state index < -0.39 is 0 Å². The molecule has 0 aromatic heterocycles. The summed E-state index contributed by atoms with van der Waals surface area (Å²) in [4.78, 5) is 0. The number of nitrogens with one attached hydrogen (secondary N) is 1. The van der Waals surface area contributed by atoms with Crippen molar-refractivity contribution >= 4 is 0 Å². The van der Waals surface area contributed by atoms with Crippen LogP contribution in [0.25, 0.3) is 0 Å². The van der Waals surface area contributed by atoms with Crippen molar-refractivity contribution < 1.29 is 9.47 Å². The normalized spacial score (nSPS) is 26.8. The van der Waals surface area contributed by atoms with Crippen LogP contribution in [0.3, 0.4) is 0 Å². The summed E-state index contributed by atoms with van der Waals surface area (Å²) in [6, 6.07) is 7.19. The topological polar surface area (TPSA) is 30.5 Å². The molecule has 1 aromatic carbocycles. The summed E-state index contributed by atoms with van der Waals surface area (Å²) in [7, 11) is 0. The van der Waals surface area contributed by atoms with Crippen LogP contribution in [0.4, 0.5) is 0 Å². The quantitative estimate of drug-likeness (QED) is 0.896. The molecule has 1 aromatic rings. The van der Waals surface area contributed by atoms with E-state index in [0.717, 1.165) is 38.2 Å². The molecule has 1 aliphatic carbocycles. The Morgan fingerprint density at radius 1 is 1.35 bits per heavy atom. The standard InChI is InChI=1S/C17H25NO2/c1-4-19-15-8-14(9-15)18-11-12-5-6-16-13(7-12)10-17(2,3)20-16/h5-7,14-15,18H,4,8-11H2,1-3H3. The molecular formula is C17H25NO2. The maximum Gasteiger partial charge on any atom is 0.123 e. The lowest BCUT2D eigenvalue weighted by Gasteiger charge is -2.35. The molecule has 1 heterocycles. The van der Waals surface area contributed by atoms with E-state index in [4.69, 9.17) is 9.47 Å². The molecule has 1 N–H and O–H groups in total. The summed E-state index contributed by atoms with van der Waals surface area (Å²) in [5.41, 5.74) is 2.65. The molecule has 20 heavy (non-hydrogen) atoms. The van der Waals surface area contributed by atoms with Gasteiger partial charge < -0.3 is 14.8 Å². The Kier molecular flexibility index (Phi) is 3.74. The fraction of sp³-hybridized carbons (Fsp3) is 0.647. The first-order valence-corrected chi connectivity index (χ1v) is 7.71. The molecular weight excluding hydrogens is 250 g/mol. The fourth-order valence-electron chi connectivity index (χ4n) is 3.14. The van der Waals surface area contributed by atoms with Crippen molar-refractivity contribution in [2.24, 2.45) is 0 Å². The third-order valence-corrected chi connectivity index (χ3v) is 4.22. The van der Waals surface area contributed by atoms with Gasteiger partial charge in [0.25, 0.3) is 0 Å². The van der Waals surface area contributed by atoms with Gasteiger partial charge in [0.15, 0.2) is 0 Å². The van der Waals surface area contributed by atoms with Crippen LogP contribution in [0.5, 0.6) is 5.75 Å². The van der Waals surface area contributed by atoms with Gasteiger partial charge in [-0.05, 0) is 50.8 Å². The van der Waals surface area contributed by atoms with Gasteiger partial charge in [-0.1, -0.05) is 12.1 Å². The Bertz CT molecular complexity index is 478. The highest BCUT2D eigenvalue weighted by molar-refractivity contribution is 5.41. The first-order valence-electron chi connectivity index (χ1n) is 7.71. The van der Waals surface area contributed by atoms with Crippen molar-refractivity contribution in [2.75, 3.05) is 6.61 Å². The lowest BCUT2D eigenvalue weighted by atomic mass is 9.89. The number of benzene rings is 1. The number of ether oxygens (including phenoxy) is 2. The van der Waals surface area contributed by atoms with Crippen LogP contribution in [0, 0.1) is 0 Å². The van der Waals surface area contributed by atoms with Crippen molar-refractivity contribution in [2.45, 2.75) is 64.3 Å². The Hall–Kier alpha value is -1.06. The van der Waals surface area contributed by atoms with Crippen molar-refractivity contribution in [1.82, 2.24) is 5.32 Å². The molecule has 1 aliphatic heterocycles. The van der Waals surface area contributed by atoms with E-state index in [1.54, 1.807) is 0 Å². The monoisotopic (exact) mass is 275 g/mol. The molecule has 110 valence electrons. The van der Waals surface area contributed by atoms with Crippen LogP contribution >= 0.6 is 0 Å². The van der Waals surface area contributed by atoms with Gasteiger partial charge in [-0.3, -0.25) is 0 Å². The van der Waals surface area contributed by atoms with Gasteiger partial charge >= 0.3 is 0 Å². The minimum Gasteiger partial charge on any atom is -0.487 e. The predicted octanol–water partition coefficient (Wildman–Crippen LogP) is 3.06. The van der Waals surface area contributed by atoms with Gasteiger partial charge in [-0.2, -0.15) is 0 Å². The lowest BCUT2D eigenvalue weighted by molar-refractivity contribution is -0.0102. The SMILES string of the molecule is CCOC1CC(NCc2ccc3c(c2)CC(C)(C)O3)C1. The summed E-state index contributed by atoms with van der Waals surface area (Å²) in [6.45, 7) is 8.13.